The zero-order valence-electron chi connectivity index (χ0n) is 10.5. The lowest BCUT2D eigenvalue weighted by atomic mass is 10.0. The molecule has 0 spiro atoms. The van der Waals surface area contributed by atoms with Crippen LogP contribution in [-0.2, 0) is 16.0 Å². The van der Waals surface area contributed by atoms with Crippen molar-refractivity contribution in [2.24, 2.45) is 0 Å². The average Bonchev–Trinajstić information content (AvgIpc) is 2.43. The Morgan fingerprint density at radius 1 is 1.26 bits per heavy atom. The number of carbonyl (C=O) groups excluding carboxylic acids is 1. The molecule has 0 N–H and O–H groups in total. The molecule has 0 aliphatic heterocycles. The van der Waals surface area contributed by atoms with Crippen molar-refractivity contribution in [2.45, 2.75) is 12.5 Å². The maximum atomic E-state index is 12.3. The lowest BCUT2D eigenvalue weighted by Crippen LogP contribution is -2.17. The molecule has 0 radical (unpaired) electrons. The molecule has 0 aliphatic rings. The number of ketones is 1. The molecular weight excluding hydrogens is 306 g/mol. The van der Waals surface area contributed by atoms with E-state index in [0.717, 1.165) is 15.7 Å². The highest BCUT2D eigenvalue weighted by molar-refractivity contribution is 9.10. The number of nitrogens with zero attached hydrogens (tertiary/aromatic N) is 1. The van der Waals surface area contributed by atoms with Crippen LogP contribution in [0.4, 0.5) is 0 Å². The van der Waals surface area contributed by atoms with Crippen LogP contribution in [0.5, 0.6) is 0 Å². The summed E-state index contributed by atoms with van der Waals surface area (Å²) < 4.78 is 6.21. The molecule has 0 saturated carbocycles. The lowest BCUT2D eigenvalue weighted by Gasteiger charge is -2.14. The Balaban J connectivity index is 2.11. The van der Waals surface area contributed by atoms with E-state index in [1.807, 2.05) is 42.5 Å². The van der Waals surface area contributed by atoms with Gasteiger partial charge in [-0.2, -0.15) is 0 Å². The Bertz CT molecular complexity index is 540. The molecule has 3 nitrogen and oxygen atoms in total. The van der Waals surface area contributed by atoms with E-state index < -0.39 is 6.10 Å². The topological polar surface area (TPSA) is 39.2 Å². The highest BCUT2D eigenvalue weighted by Gasteiger charge is 2.20. The van der Waals surface area contributed by atoms with Gasteiger partial charge >= 0.3 is 0 Å². The predicted octanol–water partition coefficient (Wildman–Crippen LogP) is 3.34. The molecule has 19 heavy (non-hydrogen) atoms. The minimum atomic E-state index is -0.536. The van der Waals surface area contributed by atoms with Crippen molar-refractivity contribution in [1.29, 1.82) is 0 Å². The summed E-state index contributed by atoms with van der Waals surface area (Å²) >= 11 is 3.32. The molecule has 1 unspecified atom stereocenters. The summed E-state index contributed by atoms with van der Waals surface area (Å²) in [5.41, 5.74) is 1.61. The fraction of sp³-hybridized carbons (Fsp3) is 0.200. The Kier molecular flexibility index (Phi) is 4.82. The van der Waals surface area contributed by atoms with Gasteiger partial charge in [-0.3, -0.25) is 9.78 Å². The van der Waals surface area contributed by atoms with Gasteiger partial charge in [-0.1, -0.05) is 30.3 Å². The molecular formula is C15H14BrNO2. The maximum Gasteiger partial charge on any atom is 0.172 e. The first-order valence-electron chi connectivity index (χ1n) is 5.91. The first kappa shape index (κ1) is 13.9. The maximum absolute atomic E-state index is 12.3. The summed E-state index contributed by atoms with van der Waals surface area (Å²) in [5, 5.41) is 0. The largest absolute Gasteiger partial charge is 0.369 e. The molecule has 0 aliphatic carbocycles. The van der Waals surface area contributed by atoms with Crippen LogP contribution >= 0.6 is 15.9 Å². The van der Waals surface area contributed by atoms with E-state index in [4.69, 9.17) is 4.74 Å². The molecule has 2 rings (SSSR count). The Morgan fingerprint density at radius 3 is 2.58 bits per heavy atom. The second kappa shape index (κ2) is 6.59. The van der Waals surface area contributed by atoms with Crippen molar-refractivity contribution in [3.05, 3.63) is 64.4 Å². The Hall–Kier alpha value is -1.52. The van der Waals surface area contributed by atoms with E-state index >= 15 is 0 Å². The third-order valence-corrected chi connectivity index (χ3v) is 3.24. The van der Waals surface area contributed by atoms with Gasteiger partial charge in [0.25, 0.3) is 0 Å². The van der Waals surface area contributed by atoms with Crippen LogP contribution in [0, 0.1) is 0 Å². The average molecular weight is 320 g/mol. The zero-order chi connectivity index (χ0) is 13.7. The van der Waals surface area contributed by atoms with Crippen molar-refractivity contribution in [3.8, 4) is 0 Å². The van der Waals surface area contributed by atoms with E-state index in [2.05, 4.69) is 20.9 Å². The van der Waals surface area contributed by atoms with Gasteiger partial charge in [0.1, 0.15) is 6.10 Å². The number of hydrogen-bond donors (Lipinski definition) is 0. The van der Waals surface area contributed by atoms with Crippen LogP contribution in [0.15, 0.2) is 53.1 Å². The summed E-state index contributed by atoms with van der Waals surface area (Å²) in [5.74, 6) is 0.00326. The van der Waals surface area contributed by atoms with Gasteiger partial charge in [0, 0.05) is 23.5 Å². The van der Waals surface area contributed by atoms with Crippen molar-refractivity contribution in [2.75, 3.05) is 7.11 Å². The van der Waals surface area contributed by atoms with Crippen LogP contribution in [0.2, 0.25) is 0 Å². The van der Waals surface area contributed by atoms with E-state index in [9.17, 15) is 4.79 Å². The summed E-state index contributed by atoms with van der Waals surface area (Å²) in [6.45, 7) is 0. The summed E-state index contributed by atoms with van der Waals surface area (Å²) in [6, 6.07) is 13.2. The second-order valence-corrected chi connectivity index (χ2v) is 5.05. The van der Waals surface area contributed by atoms with E-state index in [0.29, 0.717) is 0 Å². The van der Waals surface area contributed by atoms with Crippen LogP contribution < -0.4 is 0 Å². The number of hydrogen-bond acceptors (Lipinski definition) is 3. The van der Waals surface area contributed by atoms with E-state index in [1.54, 1.807) is 13.3 Å². The van der Waals surface area contributed by atoms with E-state index in [-0.39, 0.29) is 12.2 Å². The van der Waals surface area contributed by atoms with Crippen LogP contribution in [0.1, 0.15) is 17.4 Å². The molecule has 2 aromatic rings. The van der Waals surface area contributed by atoms with Crippen LogP contribution in [0.3, 0.4) is 0 Å². The number of aromatic nitrogens is 1. The smallest absolute Gasteiger partial charge is 0.172 e. The fourth-order valence-corrected chi connectivity index (χ4v) is 2.10. The second-order valence-electron chi connectivity index (χ2n) is 4.14. The summed E-state index contributed by atoms with van der Waals surface area (Å²) in [6.07, 6.45) is 1.42. The monoisotopic (exact) mass is 319 g/mol. The number of carbonyl (C=O) groups is 1. The van der Waals surface area contributed by atoms with E-state index in [1.165, 1.54) is 0 Å². The molecule has 1 atom stereocenters. The quantitative estimate of drug-likeness (QED) is 0.848. The number of halogens is 1. The molecule has 1 heterocycles. The number of ether oxygens (including phenoxy) is 1. The van der Waals surface area contributed by atoms with Crippen LogP contribution in [-0.4, -0.2) is 17.9 Å². The molecule has 0 saturated heterocycles. The molecule has 1 aromatic carbocycles. The third-order valence-electron chi connectivity index (χ3n) is 2.77. The number of pyridine rings is 1. The van der Waals surface area contributed by atoms with Crippen LogP contribution in [0.25, 0.3) is 0 Å². The van der Waals surface area contributed by atoms with Gasteiger partial charge in [-0.05, 0) is 33.6 Å². The highest BCUT2D eigenvalue weighted by atomic mass is 79.9. The zero-order valence-corrected chi connectivity index (χ0v) is 12.1. The molecule has 0 fully saturated rings. The third kappa shape index (κ3) is 3.72. The van der Waals surface area contributed by atoms with Crippen molar-refractivity contribution in [1.82, 2.24) is 4.98 Å². The minimum absolute atomic E-state index is 0.00326. The fourth-order valence-electron chi connectivity index (χ4n) is 1.86. The molecule has 0 bridgehead atoms. The lowest BCUT2D eigenvalue weighted by molar-refractivity contribution is -0.128. The van der Waals surface area contributed by atoms with Gasteiger partial charge < -0.3 is 4.74 Å². The predicted molar refractivity (Wildman–Crippen MR) is 76.8 cm³/mol. The van der Waals surface area contributed by atoms with Crippen molar-refractivity contribution in [3.63, 3.8) is 0 Å². The first-order valence-corrected chi connectivity index (χ1v) is 6.71. The van der Waals surface area contributed by atoms with Crippen molar-refractivity contribution < 1.29 is 9.53 Å². The molecule has 4 heteroatoms. The molecule has 0 amide bonds. The van der Waals surface area contributed by atoms with Gasteiger partial charge in [-0.25, -0.2) is 0 Å². The SMILES string of the molecule is COC(C(=O)Cc1ccc(Br)cn1)c1ccccc1. The summed E-state index contributed by atoms with van der Waals surface area (Å²) in [7, 11) is 1.55. The van der Waals surface area contributed by atoms with Gasteiger partial charge in [-0.15, -0.1) is 0 Å². The number of benzene rings is 1. The van der Waals surface area contributed by atoms with Crippen molar-refractivity contribution >= 4 is 21.7 Å². The highest BCUT2D eigenvalue weighted by Crippen LogP contribution is 2.19. The summed E-state index contributed by atoms with van der Waals surface area (Å²) in [4.78, 5) is 16.5. The number of rotatable bonds is 5. The van der Waals surface area contributed by atoms with Gasteiger partial charge in [0.05, 0.1) is 6.42 Å². The number of Topliss-reactive ketones (excluding diaryl/α,β-unsaturated/α-hetero) is 1. The van der Waals surface area contributed by atoms with Gasteiger partial charge in [0.15, 0.2) is 5.78 Å². The first-order chi connectivity index (χ1) is 9.20. The molecule has 98 valence electrons. The van der Waals surface area contributed by atoms with Gasteiger partial charge in [0.2, 0.25) is 0 Å². The Labute approximate surface area is 120 Å². The molecule has 1 aromatic heterocycles. The number of methoxy groups -OCH3 is 1. The Morgan fingerprint density at radius 2 is 2.00 bits per heavy atom. The standard InChI is InChI=1S/C15H14BrNO2/c1-19-15(11-5-3-2-4-6-11)14(18)9-13-8-7-12(16)10-17-13/h2-8,10,15H,9H2,1H3. The minimum Gasteiger partial charge on any atom is -0.369 e. The normalized spacial score (nSPS) is 12.1.